The topological polar surface area (TPSA) is 23.8 Å². The highest BCUT2D eigenvalue weighted by atomic mass is 14.3. The van der Waals surface area contributed by atoms with E-state index in [1.165, 1.54) is 63.0 Å². The van der Waals surface area contributed by atoms with Gasteiger partial charge < -0.3 is 0 Å². The van der Waals surface area contributed by atoms with Gasteiger partial charge >= 0.3 is 0 Å². The van der Waals surface area contributed by atoms with Crippen LogP contribution in [0.1, 0.15) is 75.3 Å². The number of nitrogens with zero attached hydrogens (tertiary/aromatic N) is 1. The molecule has 0 radical (unpaired) electrons. The van der Waals surface area contributed by atoms with Gasteiger partial charge in [-0.05, 0) is 54.7 Å². The first kappa shape index (κ1) is 15.8. The minimum Gasteiger partial charge on any atom is -0.193 e. The van der Waals surface area contributed by atoms with E-state index in [0.29, 0.717) is 0 Å². The van der Waals surface area contributed by atoms with Crippen LogP contribution in [-0.2, 0) is 0 Å². The van der Waals surface area contributed by atoms with E-state index < -0.39 is 0 Å². The Morgan fingerprint density at radius 3 is 2.43 bits per heavy atom. The van der Waals surface area contributed by atoms with Crippen LogP contribution in [-0.4, -0.2) is 0 Å². The van der Waals surface area contributed by atoms with Crippen molar-refractivity contribution in [2.24, 2.45) is 5.92 Å². The first-order chi connectivity index (χ1) is 10.3. The van der Waals surface area contributed by atoms with Crippen LogP contribution in [0, 0.1) is 17.2 Å². The van der Waals surface area contributed by atoms with Crippen molar-refractivity contribution in [3.8, 4) is 6.07 Å². The van der Waals surface area contributed by atoms with Crippen molar-refractivity contribution in [1.29, 1.82) is 5.26 Å². The molecule has 112 valence electrons. The van der Waals surface area contributed by atoms with Crippen molar-refractivity contribution in [2.45, 2.75) is 64.2 Å². The highest BCUT2D eigenvalue weighted by molar-refractivity contribution is 5.52. The quantitative estimate of drug-likeness (QED) is 0.458. The van der Waals surface area contributed by atoms with Gasteiger partial charge in [0.2, 0.25) is 0 Å². The average molecular weight is 281 g/mol. The van der Waals surface area contributed by atoms with Gasteiger partial charge in [0, 0.05) is 6.08 Å². The molecule has 0 unspecified atom stereocenters. The number of unbranched alkanes of at least 4 members (excludes halogenated alkanes) is 2. The van der Waals surface area contributed by atoms with Crippen molar-refractivity contribution in [3.05, 3.63) is 41.5 Å². The van der Waals surface area contributed by atoms with Crippen molar-refractivity contribution >= 4 is 6.08 Å². The molecule has 0 aromatic heterocycles. The molecule has 0 bridgehead atoms. The van der Waals surface area contributed by atoms with E-state index in [4.69, 9.17) is 5.26 Å². The standard InChI is InChI=1S/C20H27N/c1-2-3-4-6-17-8-12-19(13-9-17)20-14-10-18(11-15-20)7-5-16-21/h5,7,10-11,14-15,17,19H,2-4,6,8-9,12-13H2,1H3/b7-5+. The second kappa shape index (κ2) is 8.67. The Bertz CT molecular complexity index is 470. The van der Waals surface area contributed by atoms with Crippen LogP contribution in [0.4, 0.5) is 0 Å². The van der Waals surface area contributed by atoms with E-state index in [1.54, 1.807) is 0 Å². The molecule has 1 saturated carbocycles. The van der Waals surface area contributed by atoms with Crippen molar-refractivity contribution in [3.63, 3.8) is 0 Å². The average Bonchev–Trinajstić information content (AvgIpc) is 2.54. The van der Waals surface area contributed by atoms with Gasteiger partial charge in [0.15, 0.2) is 0 Å². The molecule has 1 heteroatoms. The van der Waals surface area contributed by atoms with Crippen LogP contribution < -0.4 is 0 Å². The lowest BCUT2D eigenvalue weighted by Crippen LogP contribution is -2.13. The summed E-state index contributed by atoms with van der Waals surface area (Å²) in [5.74, 6) is 1.73. The fourth-order valence-electron chi connectivity index (χ4n) is 3.48. The number of hydrogen-bond acceptors (Lipinski definition) is 1. The van der Waals surface area contributed by atoms with Gasteiger partial charge in [0.05, 0.1) is 6.07 Å². The summed E-state index contributed by atoms with van der Waals surface area (Å²) < 4.78 is 0. The number of benzene rings is 1. The minimum absolute atomic E-state index is 0.751. The van der Waals surface area contributed by atoms with Crippen LogP contribution >= 0.6 is 0 Å². The van der Waals surface area contributed by atoms with Crippen LogP contribution in [0.25, 0.3) is 6.08 Å². The molecule has 21 heavy (non-hydrogen) atoms. The van der Waals surface area contributed by atoms with Crippen LogP contribution in [0.2, 0.25) is 0 Å². The predicted molar refractivity (Wildman–Crippen MR) is 89.9 cm³/mol. The monoisotopic (exact) mass is 281 g/mol. The highest BCUT2D eigenvalue weighted by Crippen LogP contribution is 2.37. The summed E-state index contributed by atoms with van der Waals surface area (Å²) >= 11 is 0. The predicted octanol–water partition coefficient (Wildman–Crippen LogP) is 6.08. The zero-order valence-corrected chi connectivity index (χ0v) is 13.2. The van der Waals surface area contributed by atoms with Gasteiger partial charge in [-0.15, -0.1) is 0 Å². The number of nitriles is 1. The molecular weight excluding hydrogens is 254 g/mol. The number of rotatable bonds is 6. The summed E-state index contributed by atoms with van der Waals surface area (Å²) in [7, 11) is 0. The maximum absolute atomic E-state index is 8.55. The van der Waals surface area contributed by atoms with Gasteiger partial charge in [-0.1, -0.05) is 56.9 Å². The van der Waals surface area contributed by atoms with Gasteiger partial charge in [-0.3, -0.25) is 0 Å². The van der Waals surface area contributed by atoms with Crippen molar-refractivity contribution < 1.29 is 0 Å². The first-order valence-electron chi connectivity index (χ1n) is 8.49. The lowest BCUT2D eigenvalue weighted by Gasteiger charge is -2.29. The molecule has 2 rings (SSSR count). The summed E-state index contributed by atoms with van der Waals surface area (Å²) in [6, 6.07) is 10.8. The van der Waals surface area contributed by atoms with Crippen molar-refractivity contribution in [1.82, 2.24) is 0 Å². The molecule has 0 N–H and O–H groups in total. The Kier molecular flexibility index (Phi) is 6.54. The Morgan fingerprint density at radius 2 is 1.81 bits per heavy atom. The molecule has 0 spiro atoms. The SMILES string of the molecule is CCCCCC1CCC(c2ccc(/C=C/C#N)cc2)CC1. The molecule has 0 amide bonds. The van der Waals surface area contributed by atoms with E-state index in [9.17, 15) is 0 Å². The van der Waals surface area contributed by atoms with Gasteiger partial charge in [0.25, 0.3) is 0 Å². The van der Waals surface area contributed by atoms with Gasteiger partial charge in [-0.25, -0.2) is 0 Å². The fraction of sp³-hybridized carbons (Fsp3) is 0.550. The minimum atomic E-state index is 0.751. The molecule has 1 aromatic carbocycles. The van der Waals surface area contributed by atoms with Crippen LogP contribution in [0.3, 0.4) is 0 Å². The largest absolute Gasteiger partial charge is 0.193 e. The maximum Gasteiger partial charge on any atom is 0.0912 e. The normalized spacial score (nSPS) is 22.3. The second-order valence-electron chi connectivity index (χ2n) is 6.34. The third-order valence-electron chi connectivity index (χ3n) is 4.82. The molecule has 1 fully saturated rings. The van der Waals surface area contributed by atoms with E-state index in [-0.39, 0.29) is 0 Å². The Hall–Kier alpha value is -1.55. The molecule has 0 aliphatic heterocycles. The summed E-state index contributed by atoms with van der Waals surface area (Å²) in [6.45, 7) is 2.28. The summed E-state index contributed by atoms with van der Waals surface area (Å²) in [4.78, 5) is 0. The fourth-order valence-corrected chi connectivity index (χ4v) is 3.48. The summed E-state index contributed by atoms with van der Waals surface area (Å²) in [6.07, 6.45) is 14.5. The summed E-state index contributed by atoms with van der Waals surface area (Å²) in [5, 5.41) is 8.55. The number of hydrogen-bond donors (Lipinski definition) is 0. The van der Waals surface area contributed by atoms with E-state index in [0.717, 1.165) is 17.4 Å². The van der Waals surface area contributed by atoms with E-state index in [1.807, 2.05) is 12.1 Å². The molecule has 1 aromatic rings. The first-order valence-corrected chi connectivity index (χ1v) is 8.49. The maximum atomic E-state index is 8.55. The Morgan fingerprint density at radius 1 is 1.10 bits per heavy atom. The highest BCUT2D eigenvalue weighted by Gasteiger charge is 2.21. The third kappa shape index (κ3) is 5.05. The van der Waals surface area contributed by atoms with Crippen LogP contribution in [0.5, 0.6) is 0 Å². The van der Waals surface area contributed by atoms with E-state index >= 15 is 0 Å². The zero-order chi connectivity index (χ0) is 14.9. The zero-order valence-electron chi connectivity index (χ0n) is 13.2. The molecule has 0 saturated heterocycles. The Labute approximate surface area is 129 Å². The second-order valence-corrected chi connectivity index (χ2v) is 6.34. The molecule has 1 aliphatic rings. The Balaban J connectivity index is 1.82. The van der Waals surface area contributed by atoms with Crippen LogP contribution in [0.15, 0.2) is 30.3 Å². The number of allylic oxidation sites excluding steroid dienone is 1. The summed E-state index contributed by atoms with van der Waals surface area (Å²) in [5.41, 5.74) is 2.60. The van der Waals surface area contributed by atoms with Gasteiger partial charge in [0.1, 0.15) is 0 Å². The molecule has 0 heterocycles. The molecule has 0 atom stereocenters. The molecule has 1 nitrogen and oxygen atoms in total. The lowest BCUT2D eigenvalue weighted by molar-refractivity contribution is 0.303. The van der Waals surface area contributed by atoms with E-state index in [2.05, 4.69) is 31.2 Å². The molecule has 1 aliphatic carbocycles. The molecular formula is C20H27N. The third-order valence-corrected chi connectivity index (χ3v) is 4.82. The van der Waals surface area contributed by atoms with Gasteiger partial charge in [-0.2, -0.15) is 5.26 Å². The van der Waals surface area contributed by atoms with Crippen molar-refractivity contribution in [2.75, 3.05) is 0 Å². The lowest BCUT2D eigenvalue weighted by atomic mass is 9.77. The smallest absolute Gasteiger partial charge is 0.0912 e.